The van der Waals surface area contributed by atoms with Gasteiger partial charge in [0.15, 0.2) is 0 Å². The summed E-state index contributed by atoms with van der Waals surface area (Å²) in [4.78, 5) is 27.1. The fourth-order valence-electron chi connectivity index (χ4n) is 1.83. The number of nitrogens with zero attached hydrogens (tertiary/aromatic N) is 1. The van der Waals surface area contributed by atoms with Crippen molar-refractivity contribution < 1.29 is 9.59 Å². The zero-order valence-electron chi connectivity index (χ0n) is 9.48. The quantitative estimate of drug-likeness (QED) is 0.784. The Morgan fingerprint density at radius 2 is 2.41 bits per heavy atom. The molecule has 1 saturated heterocycles. The van der Waals surface area contributed by atoms with Crippen LogP contribution in [0.25, 0.3) is 0 Å². The van der Waals surface area contributed by atoms with Crippen molar-refractivity contribution >= 4 is 11.8 Å². The van der Waals surface area contributed by atoms with Gasteiger partial charge in [-0.15, -0.1) is 0 Å². The number of carbonyl (C=O) groups is 2. The molecule has 1 aromatic rings. The first-order valence-electron chi connectivity index (χ1n) is 5.70. The lowest BCUT2D eigenvalue weighted by molar-refractivity contribution is -0.132. The highest BCUT2D eigenvalue weighted by atomic mass is 16.2. The molecule has 2 heterocycles. The van der Waals surface area contributed by atoms with Crippen LogP contribution in [0, 0.1) is 5.92 Å². The zero-order valence-corrected chi connectivity index (χ0v) is 9.48. The molecule has 1 aromatic heterocycles. The molecule has 1 atom stereocenters. The second kappa shape index (κ2) is 5.43. The molecule has 2 N–H and O–H groups in total. The summed E-state index contributed by atoms with van der Waals surface area (Å²) in [6.45, 7) is 0.998. The molecule has 0 radical (unpaired) electrons. The average molecular weight is 233 g/mol. The number of rotatable bonds is 3. The van der Waals surface area contributed by atoms with Gasteiger partial charge in [0.2, 0.25) is 11.8 Å². The number of carbonyl (C=O) groups excluding carboxylic acids is 2. The summed E-state index contributed by atoms with van der Waals surface area (Å²) in [5.74, 6) is -0.313. The fourth-order valence-corrected chi connectivity index (χ4v) is 1.83. The summed E-state index contributed by atoms with van der Waals surface area (Å²) in [6.07, 6.45) is 2.68. The third-order valence-corrected chi connectivity index (χ3v) is 2.79. The summed E-state index contributed by atoms with van der Waals surface area (Å²) in [5, 5.41) is 5.52. The number of amides is 2. The van der Waals surface area contributed by atoms with E-state index in [1.807, 2.05) is 18.2 Å². The maximum Gasteiger partial charge on any atom is 0.224 e. The Bertz CT molecular complexity index is 405. The molecular weight excluding hydrogens is 218 g/mol. The molecule has 1 fully saturated rings. The molecule has 0 aliphatic carbocycles. The van der Waals surface area contributed by atoms with Crippen LogP contribution in [0.15, 0.2) is 24.4 Å². The van der Waals surface area contributed by atoms with Gasteiger partial charge in [-0.2, -0.15) is 0 Å². The van der Waals surface area contributed by atoms with Crippen LogP contribution in [0.1, 0.15) is 18.5 Å². The minimum Gasteiger partial charge on any atom is -0.356 e. The highest BCUT2D eigenvalue weighted by molar-refractivity contribution is 5.86. The van der Waals surface area contributed by atoms with Gasteiger partial charge in [-0.25, -0.2) is 0 Å². The highest BCUT2D eigenvalue weighted by Crippen LogP contribution is 2.12. The Hall–Kier alpha value is -1.91. The molecule has 0 aromatic carbocycles. The second-order valence-electron chi connectivity index (χ2n) is 4.08. The fraction of sp³-hybridized carbons (Fsp3) is 0.417. The van der Waals surface area contributed by atoms with Crippen LogP contribution in [0.4, 0.5) is 0 Å². The molecular formula is C12H15N3O2. The van der Waals surface area contributed by atoms with Gasteiger partial charge < -0.3 is 10.6 Å². The third kappa shape index (κ3) is 3.27. The lowest BCUT2D eigenvalue weighted by atomic mass is 9.97. The number of piperidine rings is 1. The van der Waals surface area contributed by atoms with Crippen LogP contribution in [0.5, 0.6) is 0 Å². The van der Waals surface area contributed by atoms with Crippen LogP contribution in [-0.2, 0) is 16.1 Å². The maximum atomic E-state index is 11.8. The monoisotopic (exact) mass is 233 g/mol. The van der Waals surface area contributed by atoms with Crippen molar-refractivity contribution in [1.29, 1.82) is 0 Å². The van der Waals surface area contributed by atoms with Crippen molar-refractivity contribution in [3.05, 3.63) is 30.1 Å². The number of hydrogen-bond donors (Lipinski definition) is 2. The van der Waals surface area contributed by atoms with E-state index in [1.54, 1.807) is 6.20 Å². The van der Waals surface area contributed by atoms with Crippen molar-refractivity contribution in [2.24, 2.45) is 5.92 Å². The van der Waals surface area contributed by atoms with E-state index in [0.29, 0.717) is 19.5 Å². The van der Waals surface area contributed by atoms with Gasteiger partial charge >= 0.3 is 0 Å². The van der Waals surface area contributed by atoms with E-state index in [1.165, 1.54) is 0 Å². The maximum absolute atomic E-state index is 11.8. The summed E-state index contributed by atoms with van der Waals surface area (Å²) >= 11 is 0. The van der Waals surface area contributed by atoms with E-state index in [4.69, 9.17) is 0 Å². The second-order valence-corrected chi connectivity index (χ2v) is 4.08. The van der Waals surface area contributed by atoms with Crippen molar-refractivity contribution in [2.45, 2.75) is 19.4 Å². The summed E-state index contributed by atoms with van der Waals surface area (Å²) in [5.41, 5.74) is 0.820. The lowest BCUT2D eigenvalue weighted by Gasteiger charge is -2.21. The topological polar surface area (TPSA) is 71.1 Å². The standard InChI is InChI=1S/C12H15N3O2/c16-11-7-9(4-6-14-11)12(17)15-8-10-3-1-2-5-13-10/h1-3,5,9H,4,6-8H2,(H,14,16)(H,15,17). The predicted octanol–water partition coefficient (Wildman–Crippen LogP) is 0.224. The molecule has 17 heavy (non-hydrogen) atoms. The van der Waals surface area contributed by atoms with Gasteiger partial charge in [-0.05, 0) is 18.6 Å². The van der Waals surface area contributed by atoms with Crippen molar-refractivity contribution in [2.75, 3.05) is 6.54 Å². The molecule has 5 heteroatoms. The van der Waals surface area contributed by atoms with Gasteiger partial charge in [0, 0.05) is 25.1 Å². The Morgan fingerprint density at radius 3 is 3.12 bits per heavy atom. The Labute approximate surface area is 99.6 Å². The van der Waals surface area contributed by atoms with Crippen molar-refractivity contribution in [3.8, 4) is 0 Å². The van der Waals surface area contributed by atoms with Crippen LogP contribution in [0.2, 0.25) is 0 Å². The van der Waals surface area contributed by atoms with Crippen LogP contribution >= 0.6 is 0 Å². The molecule has 2 amide bonds. The van der Waals surface area contributed by atoms with Crippen molar-refractivity contribution in [1.82, 2.24) is 15.6 Å². The molecule has 1 unspecified atom stereocenters. The van der Waals surface area contributed by atoms with Crippen molar-refractivity contribution in [3.63, 3.8) is 0 Å². The number of hydrogen-bond acceptors (Lipinski definition) is 3. The molecule has 2 rings (SSSR count). The van der Waals surface area contributed by atoms with E-state index >= 15 is 0 Å². The SMILES string of the molecule is O=C1CC(C(=O)NCc2ccccn2)CCN1. The number of pyridine rings is 1. The predicted molar refractivity (Wildman–Crippen MR) is 61.8 cm³/mol. The van der Waals surface area contributed by atoms with Gasteiger partial charge in [-0.3, -0.25) is 14.6 Å². The van der Waals surface area contributed by atoms with E-state index in [2.05, 4.69) is 15.6 Å². The van der Waals surface area contributed by atoms with Gasteiger partial charge in [0.05, 0.1) is 12.2 Å². The van der Waals surface area contributed by atoms with E-state index in [-0.39, 0.29) is 24.2 Å². The minimum absolute atomic E-state index is 0.0470. The Morgan fingerprint density at radius 1 is 1.53 bits per heavy atom. The van der Waals surface area contributed by atoms with Crippen LogP contribution in [-0.4, -0.2) is 23.3 Å². The highest BCUT2D eigenvalue weighted by Gasteiger charge is 2.25. The van der Waals surface area contributed by atoms with Crippen LogP contribution in [0.3, 0.4) is 0 Å². The number of aromatic nitrogens is 1. The average Bonchev–Trinajstić information content (AvgIpc) is 2.37. The van der Waals surface area contributed by atoms with E-state index < -0.39 is 0 Å². The lowest BCUT2D eigenvalue weighted by Crippen LogP contribution is -2.40. The largest absolute Gasteiger partial charge is 0.356 e. The summed E-state index contributed by atoms with van der Waals surface area (Å²) in [7, 11) is 0. The molecule has 1 aliphatic rings. The van der Waals surface area contributed by atoms with Gasteiger partial charge in [0.1, 0.15) is 0 Å². The van der Waals surface area contributed by atoms with Crippen LogP contribution < -0.4 is 10.6 Å². The minimum atomic E-state index is -0.201. The third-order valence-electron chi connectivity index (χ3n) is 2.79. The van der Waals surface area contributed by atoms with Gasteiger partial charge in [-0.1, -0.05) is 6.07 Å². The first-order valence-corrected chi connectivity index (χ1v) is 5.70. The molecule has 0 spiro atoms. The summed E-state index contributed by atoms with van der Waals surface area (Å²) < 4.78 is 0. The Kier molecular flexibility index (Phi) is 3.69. The smallest absolute Gasteiger partial charge is 0.224 e. The Balaban J connectivity index is 1.83. The molecule has 0 saturated carbocycles. The first kappa shape index (κ1) is 11.6. The van der Waals surface area contributed by atoms with Gasteiger partial charge in [0.25, 0.3) is 0 Å². The normalized spacial score (nSPS) is 19.5. The first-order chi connectivity index (χ1) is 8.25. The zero-order chi connectivity index (χ0) is 12.1. The van der Waals surface area contributed by atoms with E-state index in [0.717, 1.165) is 5.69 Å². The molecule has 1 aliphatic heterocycles. The number of nitrogens with one attached hydrogen (secondary N) is 2. The summed E-state index contributed by atoms with van der Waals surface area (Å²) in [6, 6.07) is 5.56. The van der Waals surface area contributed by atoms with E-state index in [9.17, 15) is 9.59 Å². The molecule has 0 bridgehead atoms. The molecule has 90 valence electrons. The molecule has 5 nitrogen and oxygen atoms in total.